The lowest BCUT2D eigenvalue weighted by molar-refractivity contribution is -0.0345. The summed E-state index contributed by atoms with van der Waals surface area (Å²) in [5.74, 6) is 8.46. The summed E-state index contributed by atoms with van der Waals surface area (Å²) in [6, 6.07) is 7.78. The van der Waals surface area contributed by atoms with Gasteiger partial charge in [-0.25, -0.2) is 0 Å². The number of aromatic amines is 1. The van der Waals surface area contributed by atoms with Crippen molar-refractivity contribution in [2.45, 2.75) is 108 Å². The van der Waals surface area contributed by atoms with Gasteiger partial charge in [-0.1, -0.05) is 64.5 Å². The van der Waals surface area contributed by atoms with Crippen LogP contribution in [0.3, 0.4) is 0 Å². The maximum absolute atomic E-state index is 12.1. The Kier molecular flexibility index (Phi) is 12.2. The number of aryl methyl sites for hydroxylation is 1. The molecule has 0 amide bonds. The highest BCUT2D eigenvalue weighted by Gasteiger charge is 2.45. The number of phenols is 1. The Labute approximate surface area is 339 Å². The Bertz CT molecular complexity index is 1880. The molecular formula is C45H59N3O6S2. The number of aromatic nitrogens is 1. The van der Waals surface area contributed by atoms with E-state index in [4.69, 9.17) is 10.5 Å². The average molecular weight is 802 g/mol. The predicted molar refractivity (Wildman–Crippen MR) is 224 cm³/mol. The molecule has 1 aromatic carbocycles. The van der Waals surface area contributed by atoms with E-state index in [9.17, 15) is 25.5 Å². The largest absolute Gasteiger partial charge is 0.504 e. The number of nitrogens with one attached hydrogen (secondary N) is 2. The maximum atomic E-state index is 12.1. The van der Waals surface area contributed by atoms with Gasteiger partial charge in [0.15, 0.2) is 11.5 Å². The summed E-state index contributed by atoms with van der Waals surface area (Å²) in [5.41, 5.74) is 13.0. The lowest BCUT2D eigenvalue weighted by atomic mass is 9.75. The summed E-state index contributed by atoms with van der Waals surface area (Å²) in [4.78, 5) is 3.36. The van der Waals surface area contributed by atoms with Crippen LogP contribution in [-0.4, -0.2) is 79.6 Å². The number of hydrogen-bond acceptors (Lipinski definition) is 10. The van der Waals surface area contributed by atoms with Crippen molar-refractivity contribution in [3.63, 3.8) is 0 Å². The van der Waals surface area contributed by atoms with Crippen LogP contribution in [0, 0.1) is 46.8 Å². The van der Waals surface area contributed by atoms with E-state index in [1.165, 1.54) is 5.57 Å². The lowest BCUT2D eigenvalue weighted by Gasteiger charge is -2.35. The molecule has 302 valence electrons. The molecule has 11 atom stereocenters. The smallest absolute Gasteiger partial charge is 0.161 e. The fourth-order valence-corrected chi connectivity index (χ4v) is 13.2. The SMILES string of the molecule is CC[C@@]12C#C[C@H]3C=C4CCc5cc(O)c(O[C@H]6C[C@@H](Cc7ccc[nH]7)C7=CCNC(N)=C7CSSC[C@H](CO)[C@@H]6O)cc5[C@@H]4C[C@@H](O)[C@@H]3[C@@H](O)[C@@H](CCC1)CC2. The number of hydrogen-bond donors (Lipinski definition) is 8. The predicted octanol–water partition coefficient (Wildman–Crippen LogP) is 6.09. The quantitative estimate of drug-likeness (QED) is 0.0975. The van der Waals surface area contributed by atoms with Crippen molar-refractivity contribution in [3.8, 4) is 23.3 Å². The van der Waals surface area contributed by atoms with Crippen molar-refractivity contribution in [1.29, 1.82) is 0 Å². The highest BCUT2D eigenvalue weighted by atomic mass is 33.1. The first kappa shape index (κ1) is 39.8. The van der Waals surface area contributed by atoms with Crippen molar-refractivity contribution < 1.29 is 30.3 Å². The highest BCUT2D eigenvalue weighted by molar-refractivity contribution is 8.76. The Morgan fingerprint density at radius 2 is 1.95 bits per heavy atom. The van der Waals surface area contributed by atoms with Crippen LogP contribution in [0.1, 0.15) is 87.4 Å². The summed E-state index contributed by atoms with van der Waals surface area (Å²) < 4.78 is 6.82. The van der Waals surface area contributed by atoms with Crippen molar-refractivity contribution in [2.24, 2.45) is 40.7 Å². The van der Waals surface area contributed by atoms with E-state index in [1.807, 2.05) is 18.3 Å². The second-order valence-corrected chi connectivity index (χ2v) is 19.7. The van der Waals surface area contributed by atoms with Crippen LogP contribution in [0.2, 0.25) is 0 Å². The molecular weight excluding hydrogens is 743 g/mol. The molecule has 0 spiro atoms. The molecule has 0 unspecified atom stereocenters. The number of phenolic OH excluding ortho intramolecular Hbond substituents is 1. The number of aromatic hydroxyl groups is 1. The highest BCUT2D eigenvalue weighted by Crippen LogP contribution is 2.50. The molecule has 2 fully saturated rings. The minimum absolute atomic E-state index is 0.0143. The Hall–Kier alpha value is -2.98. The van der Waals surface area contributed by atoms with Gasteiger partial charge in [0, 0.05) is 71.2 Å². The molecule has 0 radical (unpaired) electrons. The Morgan fingerprint density at radius 3 is 2.75 bits per heavy atom. The third kappa shape index (κ3) is 8.04. The molecule has 9 nitrogen and oxygen atoms in total. The summed E-state index contributed by atoms with van der Waals surface area (Å²) >= 11 is 0. The van der Waals surface area contributed by atoms with Crippen LogP contribution < -0.4 is 15.8 Å². The summed E-state index contributed by atoms with van der Waals surface area (Å²) in [6.07, 6.45) is 12.4. The van der Waals surface area contributed by atoms with E-state index in [1.54, 1.807) is 27.7 Å². The molecule has 4 aliphatic carbocycles. The number of benzene rings is 1. The molecule has 9 N–H and O–H groups in total. The minimum atomic E-state index is -1.01. The van der Waals surface area contributed by atoms with Gasteiger partial charge in [-0.15, -0.1) is 0 Å². The van der Waals surface area contributed by atoms with Crippen LogP contribution in [0.15, 0.2) is 65.2 Å². The zero-order valence-corrected chi connectivity index (χ0v) is 34.1. The van der Waals surface area contributed by atoms with Crippen molar-refractivity contribution >= 4 is 21.6 Å². The van der Waals surface area contributed by atoms with Gasteiger partial charge in [0.2, 0.25) is 0 Å². The molecule has 11 heteroatoms. The van der Waals surface area contributed by atoms with Crippen molar-refractivity contribution in [1.82, 2.24) is 10.3 Å². The third-order valence-electron chi connectivity index (χ3n) is 14.1. The first-order chi connectivity index (χ1) is 27.2. The number of fused-ring (bicyclic) bond motifs is 8. The number of aliphatic hydroxyl groups is 4. The van der Waals surface area contributed by atoms with Crippen LogP contribution in [-0.2, 0) is 12.8 Å². The number of ether oxygens (including phenoxy) is 1. The molecule has 8 rings (SSSR count). The van der Waals surface area contributed by atoms with Gasteiger partial charge in [0.25, 0.3) is 0 Å². The Morgan fingerprint density at radius 1 is 1.07 bits per heavy atom. The monoisotopic (exact) mass is 801 g/mol. The fourth-order valence-electron chi connectivity index (χ4n) is 10.7. The van der Waals surface area contributed by atoms with Crippen molar-refractivity contribution in [3.05, 3.63) is 82.0 Å². The Balaban J connectivity index is 1.14. The number of dihydropyridines is 1. The van der Waals surface area contributed by atoms with E-state index < -0.39 is 30.3 Å². The number of rotatable bonds is 6. The molecule has 2 aliphatic heterocycles. The second kappa shape index (κ2) is 17.1. The molecule has 2 aromatic rings. The van der Waals surface area contributed by atoms with Gasteiger partial charge in [-0.05, 0) is 117 Å². The van der Waals surface area contributed by atoms with Gasteiger partial charge in [0.1, 0.15) is 11.9 Å². The summed E-state index contributed by atoms with van der Waals surface area (Å²) in [5, 5.41) is 61.5. The van der Waals surface area contributed by atoms with E-state index in [2.05, 4.69) is 47.3 Å². The fraction of sp³-hybridized carbons (Fsp3) is 0.600. The average Bonchev–Trinajstić information content (AvgIpc) is 3.56. The topological polar surface area (TPSA) is 164 Å². The summed E-state index contributed by atoms with van der Waals surface area (Å²) in [7, 11) is 3.28. The van der Waals surface area contributed by atoms with E-state index >= 15 is 0 Å². The number of aliphatic hydroxyl groups excluding tert-OH is 4. The zero-order valence-electron chi connectivity index (χ0n) is 32.5. The molecule has 3 heterocycles. The van der Waals surface area contributed by atoms with Crippen LogP contribution in [0.5, 0.6) is 11.5 Å². The molecule has 1 saturated heterocycles. The van der Waals surface area contributed by atoms with Gasteiger partial charge < -0.3 is 46.3 Å². The maximum Gasteiger partial charge on any atom is 0.161 e. The van der Waals surface area contributed by atoms with Gasteiger partial charge in [-0.3, -0.25) is 0 Å². The molecule has 1 aromatic heterocycles. The summed E-state index contributed by atoms with van der Waals surface area (Å²) in [6.45, 7) is 2.64. The molecule has 56 heavy (non-hydrogen) atoms. The van der Waals surface area contributed by atoms with E-state index in [0.29, 0.717) is 43.1 Å². The zero-order chi connectivity index (χ0) is 39.0. The molecule has 6 aliphatic rings. The normalized spacial score (nSPS) is 36.0. The van der Waals surface area contributed by atoms with E-state index in [-0.39, 0.29) is 53.1 Å². The molecule has 1 saturated carbocycles. The van der Waals surface area contributed by atoms with Crippen molar-refractivity contribution in [2.75, 3.05) is 24.7 Å². The van der Waals surface area contributed by atoms with Gasteiger partial charge in [0.05, 0.1) is 18.3 Å². The van der Waals surface area contributed by atoms with Crippen LogP contribution >= 0.6 is 21.6 Å². The van der Waals surface area contributed by atoms with Crippen LogP contribution in [0.4, 0.5) is 0 Å². The van der Waals surface area contributed by atoms with Gasteiger partial charge in [-0.2, -0.15) is 0 Å². The minimum Gasteiger partial charge on any atom is -0.504 e. The first-order valence-corrected chi connectivity index (χ1v) is 23.4. The first-order valence-electron chi connectivity index (χ1n) is 20.9. The second-order valence-electron chi connectivity index (χ2n) is 17.2. The third-order valence-corrected chi connectivity index (χ3v) is 16.5. The number of allylic oxidation sites excluding steroid dienone is 3. The number of nitrogens with two attached hydrogens (primary N) is 1. The van der Waals surface area contributed by atoms with Crippen LogP contribution in [0.25, 0.3) is 0 Å². The lowest BCUT2D eigenvalue weighted by Crippen LogP contribution is -2.42. The van der Waals surface area contributed by atoms with E-state index in [0.717, 1.165) is 79.3 Å². The van der Waals surface area contributed by atoms with Gasteiger partial charge >= 0.3 is 0 Å². The molecule has 2 bridgehead atoms. The number of H-pyrrole nitrogens is 1. The standard InChI is InChI=1S/C45H59N3O6S2/c1-2-45-12-3-5-26(9-13-45)43(53)41-29(10-14-45)17-27-7-8-28-19-37(50)39(22-35(28)34(27)21-38(41)51)54-40-20-30(18-32-6-4-15-47-32)33-11-16-48-44(46)36(33)25-56-55-24-31(23-49)42(40)52/h4,6,11,15,17,19,22,26,29-31,34,38,40-43,47-53H,2-3,5,7-9,12-13,16,18,20-21,23-25,46H2,1H3/t26-,29-,30+,31-,34+,38+,40-,41+,42-,43-,45+/m0/s1.